The minimum Gasteiger partial charge on any atom is -0.376 e. The van der Waals surface area contributed by atoms with Crippen LogP contribution >= 0.6 is 0 Å². The maximum atomic E-state index is 5.84. The summed E-state index contributed by atoms with van der Waals surface area (Å²) in [4.78, 5) is 0. The molecule has 0 saturated heterocycles. The van der Waals surface area contributed by atoms with E-state index in [4.69, 9.17) is 10.5 Å². The molecule has 0 aromatic rings. The maximum Gasteiger partial charge on any atom is 0.0598 e. The van der Waals surface area contributed by atoms with E-state index in [9.17, 15) is 0 Å². The minimum absolute atomic E-state index is 0.0148. The molecule has 2 nitrogen and oxygen atoms in total. The van der Waals surface area contributed by atoms with E-state index in [-0.39, 0.29) is 5.60 Å². The Balaban J connectivity index is 2.27. The standard InChI is InChI=1S/C12H25NO/c1-11(2,3)14-8-7-12(4,9-13)10-5-6-10/h10H,5-9,13H2,1-4H3. The zero-order chi connectivity index (χ0) is 10.8. The molecule has 2 N–H and O–H groups in total. The van der Waals surface area contributed by atoms with Gasteiger partial charge < -0.3 is 10.5 Å². The monoisotopic (exact) mass is 199 g/mol. The van der Waals surface area contributed by atoms with Crippen molar-refractivity contribution >= 4 is 0 Å². The Morgan fingerprint density at radius 3 is 2.14 bits per heavy atom. The van der Waals surface area contributed by atoms with E-state index in [0.717, 1.165) is 25.5 Å². The number of hydrogen-bond acceptors (Lipinski definition) is 2. The van der Waals surface area contributed by atoms with Gasteiger partial charge in [0.2, 0.25) is 0 Å². The summed E-state index contributed by atoms with van der Waals surface area (Å²) in [7, 11) is 0. The van der Waals surface area contributed by atoms with Gasteiger partial charge in [0.25, 0.3) is 0 Å². The number of rotatable bonds is 5. The van der Waals surface area contributed by atoms with Crippen molar-refractivity contribution in [3.63, 3.8) is 0 Å². The molecule has 0 heterocycles. The third kappa shape index (κ3) is 3.58. The van der Waals surface area contributed by atoms with Gasteiger partial charge in [-0.25, -0.2) is 0 Å². The van der Waals surface area contributed by atoms with E-state index in [1.54, 1.807) is 0 Å². The highest BCUT2D eigenvalue weighted by atomic mass is 16.5. The van der Waals surface area contributed by atoms with Gasteiger partial charge in [0.15, 0.2) is 0 Å². The van der Waals surface area contributed by atoms with Gasteiger partial charge in [0.1, 0.15) is 0 Å². The Bertz CT molecular complexity index is 181. The van der Waals surface area contributed by atoms with Crippen LogP contribution in [0.4, 0.5) is 0 Å². The van der Waals surface area contributed by atoms with Gasteiger partial charge in [-0.15, -0.1) is 0 Å². The Kier molecular flexibility index (Phi) is 3.59. The molecule has 1 aliphatic carbocycles. The van der Waals surface area contributed by atoms with E-state index in [1.165, 1.54) is 12.8 Å². The maximum absolute atomic E-state index is 5.84. The summed E-state index contributed by atoms with van der Waals surface area (Å²) in [5.74, 6) is 0.857. The predicted octanol–water partition coefficient (Wildman–Crippen LogP) is 2.57. The highest BCUT2D eigenvalue weighted by Crippen LogP contribution is 2.46. The second kappa shape index (κ2) is 4.19. The molecule has 0 amide bonds. The summed E-state index contributed by atoms with van der Waals surface area (Å²) in [6.45, 7) is 10.2. The van der Waals surface area contributed by atoms with E-state index in [1.807, 2.05) is 0 Å². The minimum atomic E-state index is -0.0148. The normalized spacial score (nSPS) is 22.1. The summed E-state index contributed by atoms with van der Waals surface area (Å²) in [5.41, 5.74) is 6.15. The molecule has 0 radical (unpaired) electrons. The molecule has 14 heavy (non-hydrogen) atoms. The molecule has 1 aliphatic rings. The summed E-state index contributed by atoms with van der Waals surface area (Å²) in [6, 6.07) is 0. The van der Waals surface area contributed by atoms with Crippen LogP contribution in [-0.2, 0) is 4.74 Å². The lowest BCUT2D eigenvalue weighted by molar-refractivity contribution is -0.0186. The van der Waals surface area contributed by atoms with Gasteiger partial charge in [-0.3, -0.25) is 0 Å². The molecular weight excluding hydrogens is 174 g/mol. The van der Waals surface area contributed by atoms with Crippen molar-refractivity contribution in [2.45, 2.75) is 52.6 Å². The van der Waals surface area contributed by atoms with Crippen molar-refractivity contribution in [1.82, 2.24) is 0 Å². The van der Waals surface area contributed by atoms with Crippen LogP contribution in [0.1, 0.15) is 47.0 Å². The SMILES string of the molecule is CC(C)(C)OCCC(C)(CN)C1CC1. The quantitative estimate of drug-likeness (QED) is 0.738. The van der Waals surface area contributed by atoms with Crippen LogP contribution in [0.25, 0.3) is 0 Å². The lowest BCUT2D eigenvalue weighted by Gasteiger charge is -2.30. The molecular formula is C12H25NO. The van der Waals surface area contributed by atoms with Crippen LogP contribution in [0.5, 0.6) is 0 Å². The second-order valence-electron chi connectivity index (χ2n) is 5.84. The molecule has 1 saturated carbocycles. The zero-order valence-electron chi connectivity index (χ0n) is 10.1. The fourth-order valence-corrected chi connectivity index (χ4v) is 1.84. The molecule has 2 heteroatoms. The van der Waals surface area contributed by atoms with Gasteiger partial charge in [-0.05, 0) is 57.9 Å². The van der Waals surface area contributed by atoms with Gasteiger partial charge in [0.05, 0.1) is 5.60 Å². The van der Waals surface area contributed by atoms with Crippen LogP contribution in [0.3, 0.4) is 0 Å². The first-order valence-corrected chi connectivity index (χ1v) is 5.71. The Morgan fingerprint density at radius 2 is 1.79 bits per heavy atom. The summed E-state index contributed by atoms with van der Waals surface area (Å²) < 4.78 is 5.75. The predicted molar refractivity (Wildman–Crippen MR) is 60.2 cm³/mol. The highest BCUT2D eigenvalue weighted by molar-refractivity contribution is 4.91. The van der Waals surface area contributed by atoms with E-state index >= 15 is 0 Å². The fourth-order valence-electron chi connectivity index (χ4n) is 1.84. The average Bonchev–Trinajstić information content (AvgIpc) is 2.83. The molecule has 0 aromatic heterocycles. The molecule has 0 bridgehead atoms. The van der Waals surface area contributed by atoms with Crippen molar-refractivity contribution in [2.75, 3.05) is 13.2 Å². The summed E-state index contributed by atoms with van der Waals surface area (Å²) in [5, 5.41) is 0. The second-order valence-corrected chi connectivity index (χ2v) is 5.84. The lowest BCUT2D eigenvalue weighted by Crippen LogP contribution is -2.32. The number of ether oxygens (including phenoxy) is 1. The lowest BCUT2D eigenvalue weighted by atomic mass is 9.82. The average molecular weight is 199 g/mol. The first-order valence-electron chi connectivity index (χ1n) is 5.71. The van der Waals surface area contributed by atoms with Crippen LogP contribution in [0, 0.1) is 11.3 Å². The zero-order valence-corrected chi connectivity index (χ0v) is 10.1. The highest BCUT2D eigenvalue weighted by Gasteiger charge is 2.40. The molecule has 1 fully saturated rings. The van der Waals surface area contributed by atoms with E-state index < -0.39 is 0 Å². The van der Waals surface area contributed by atoms with Crippen LogP contribution in [0.2, 0.25) is 0 Å². The Morgan fingerprint density at radius 1 is 1.21 bits per heavy atom. The third-order valence-electron chi connectivity index (χ3n) is 3.24. The molecule has 0 aliphatic heterocycles. The van der Waals surface area contributed by atoms with Gasteiger partial charge in [0, 0.05) is 6.61 Å². The van der Waals surface area contributed by atoms with Crippen molar-refractivity contribution in [3.8, 4) is 0 Å². The first kappa shape index (κ1) is 12.0. The van der Waals surface area contributed by atoms with Gasteiger partial charge in [-0.1, -0.05) is 6.92 Å². The van der Waals surface area contributed by atoms with Crippen LogP contribution < -0.4 is 5.73 Å². The van der Waals surface area contributed by atoms with Gasteiger partial charge in [-0.2, -0.15) is 0 Å². The molecule has 1 unspecified atom stereocenters. The summed E-state index contributed by atoms with van der Waals surface area (Å²) in [6.07, 6.45) is 3.83. The molecule has 1 atom stereocenters. The molecule has 0 spiro atoms. The Hall–Kier alpha value is -0.0800. The van der Waals surface area contributed by atoms with Crippen molar-refractivity contribution in [2.24, 2.45) is 17.1 Å². The largest absolute Gasteiger partial charge is 0.376 e. The van der Waals surface area contributed by atoms with Crippen molar-refractivity contribution in [3.05, 3.63) is 0 Å². The van der Waals surface area contributed by atoms with E-state index in [2.05, 4.69) is 27.7 Å². The van der Waals surface area contributed by atoms with E-state index in [0.29, 0.717) is 5.41 Å². The first-order chi connectivity index (χ1) is 6.37. The van der Waals surface area contributed by atoms with Crippen LogP contribution in [0.15, 0.2) is 0 Å². The summed E-state index contributed by atoms with van der Waals surface area (Å²) >= 11 is 0. The molecule has 84 valence electrons. The smallest absolute Gasteiger partial charge is 0.0598 e. The fraction of sp³-hybridized carbons (Fsp3) is 1.00. The van der Waals surface area contributed by atoms with Crippen LogP contribution in [-0.4, -0.2) is 18.8 Å². The van der Waals surface area contributed by atoms with Crippen molar-refractivity contribution in [1.29, 1.82) is 0 Å². The molecule has 1 rings (SSSR count). The third-order valence-corrected chi connectivity index (χ3v) is 3.24. The number of hydrogen-bond donors (Lipinski definition) is 1. The number of nitrogens with two attached hydrogens (primary N) is 1. The Labute approximate surface area is 88.2 Å². The topological polar surface area (TPSA) is 35.2 Å². The van der Waals surface area contributed by atoms with Gasteiger partial charge >= 0.3 is 0 Å². The molecule has 0 aromatic carbocycles. The van der Waals surface area contributed by atoms with Crippen molar-refractivity contribution < 1.29 is 4.74 Å².